The van der Waals surface area contributed by atoms with Gasteiger partial charge in [-0.05, 0) is 52.8 Å². The fraction of sp³-hybridized carbons (Fsp3) is 0.579. The summed E-state index contributed by atoms with van der Waals surface area (Å²) < 4.78 is 16.0. The number of guanidine groups is 1. The molecule has 0 bridgehead atoms. The van der Waals surface area contributed by atoms with E-state index in [9.17, 15) is 4.79 Å². The lowest BCUT2D eigenvalue weighted by atomic mass is 10.1. The van der Waals surface area contributed by atoms with Gasteiger partial charge in [-0.2, -0.15) is 0 Å². The van der Waals surface area contributed by atoms with Gasteiger partial charge in [-0.1, -0.05) is 0 Å². The molecule has 1 rings (SSSR count). The van der Waals surface area contributed by atoms with Crippen LogP contribution in [-0.4, -0.2) is 44.8 Å². The molecule has 0 saturated heterocycles. The predicted octanol–water partition coefficient (Wildman–Crippen LogP) is 2.66. The molecule has 0 aliphatic rings. The maximum atomic E-state index is 11.9. The molecule has 7 heteroatoms. The third kappa shape index (κ3) is 7.21. The van der Waals surface area contributed by atoms with Crippen molar-refractivity contribution >= 4 is 11.9 Å². The lowest BCUT2D eigenvalue weighted by Crippen LogP contribution is -2.39. The number of rotatable bonds is 7. The van der Waals surface area contributed by atoms with Crippen LogP contribution in [-0.2, 0) is 9.53 Å². The molecule has 1 aromatic rings. The monoisotopic (exact) mass is 365 g/mol. The fourth-order valence-corrected chi connectivity index (χ4v) is 2.30. The zero-order valence-corrected chi connectivity index (χ0v) is 16.8. The summed E-state index contributed by atoms with van der Waals surface area (Å²) in [5.74, 6) is 1.64. The van der Waals surface area contributed by atoms with Gasteiger partial charge in [-0.15, -0.1) is 0 Å². The molecule has 0 saturated carbocycles. The summed E-state index contributed by atoms with van der Waals surface area (Å²) in [5.41, 5.74) is 0.398. The highest BCUT2D eigenvalue weighted by atomic mass is 16.6. The van der Waals surface area contributed by atoms with Crippen LogP contribution in [0.4, 0.5) is 0 Å². The van der Waals surface area contributed by atoms with E-state index in [1.54, 1.807) is 14.2 Å². The second-order valence-corrected chi connectivity index (χ2v) is 6.76. The summed E-state index contributed by atoms with van der Waals surface area (Å²) >= 11 is 0. The summed E-state index contributed by atoms with van der Waals surface area (Å²) in [6.07, 6.45) is 0. The van der Waals surface area contributed by atoms with Gasteiger partial charge in [0.2, 0.25) is 0 Å². The van der Waals surface area contributed by atoms with E-state index in [1.165, 1.54) is 0 Å². The van der Waals surface area contributed by atoms with E-state index >= 15 is 0 Å². The highest BCUT2D eigenvalue weighted by molar-refractivity contribution is 5.83. The first kappa shape index (κ1) is 21.6. The minimum absolute atomic E-state index is 0.0609. The van der Waals surface area contributed by atoms with E-state index in [-0.39, 0.29) is 18.6 Å². The number of nitrogens with one attached hydrogen (secondary N) is 2. The minimum Gasteiger partial charge on any atom is -0.497 e. The van der Waals surface area contributed by atoms with Crippen molar-refractivity contribution in [2.75, 3.05) is 27.3 Å². The second-order valence-electron chi connectivity index (χ2n) is 6.76. The molecule has 7 nitrogen and oxygen atoms in total. The zero-order chi connectivity index (χ0) is 19.7. The van der Waals surface area contributed by atoms with Gasteiger partial charge in [-0.25, -0.2) is 4.99 Å². The van der Waals surface area contributed by atoms with E-state index < -0.39 is 5.60 Å². The van der Waals surface area contributed by atoms with Crippen LogP contribution >= 0.6 is 0 Å². The Morgan fingerprint density at radius 1 is 1.23 bits per heavy atom. The van der Waals surface area contributed by atoms with E-state index in [2.05, 4.69) is 15.6 Å². The van der Waals surface area contributed by atoms with Crippen LogP contribution in [0.3, 0.4) is 0 Å². The van der Waals surface area contributed by atoms with Gasteiger partial charge in [0, 0.05) is 12.1 Å². The molecular formula is C19H31N3O4. The molecule has 0 heterocycles. The lowest BCUT2D eigenvalue weighted by molar-refractivity contribution is -0.152. The van der Waals surface area contributed by atoms with Crippen LogP contribution in [0.1, 0.15) is 46.2 Å². The zero-order valence-electron chi connectivity index (χ0n) is 16.8. The molecule has 0 aromatic heterocycles. The largest absolute Gasteiger partial charge is 0.497 e. The van der Waals surface area contributed by atoms with Crippen LogP contribution in [0.15, 0.2) is 23.2 Å². The molecule has 146 valence electrons. The summed E-state index contributed by atoms with van der Waals surface area (Å²) in [6.45, 7) is 10.0. The average Bonchev–Trinajstić information content (AvgIpc) is 2.57. The van der Waals surface area contributed by atoms with Crippen molar-refractivity contribution in [2.24, 2.45) is 4.99 Å². The second kappa shape index (κ2) is 9.89. The smallest absolute Gasteiger partial charge is 0.328 e. The van der Waals surface area contributed by atoms with Gasteiger partial charge in [-0.3, -0.25) is 4.79 Å². The molecule has 0 aliphatic carbocycles. The first-order chi connectivity index (χ1) is 12.2. The first-order valence-electron chi connectivity index (χ1n) is 8.68. The number of esters is 1. The highest BCUT2D eigenvalue weighted by Crippen LogP contribution is 2.29. The summed E-state index contributed by atoms with van der Waals surface area (Å²) in [4.78, 5) is 16.2. The molecule has 26 heavy (non-hydrogen) atoms. The molecule has 1 aromatic carbocycles. The van der Waals surface area contributed by atoms with Crippen LogP contribution < -0.4 is 20.1 Å². The number of carbonyl (C=O) groups is 1. The first-order valence-corrected chi connectivity index (χ1v) is 8.68. The van der Waals surface area contributed by atoms with Crippen LogP contribution in [0.2, 0.25) is 0 Å². The van der Waals surface area contributed by atoms with Gasteiger partial charge >= 0.3 is 5.97 Å². The molecule has 0 fully saturated rings. The third-order valence-electron chi connectivity index (χ3n) is 3.39. The number of aliphatic imine (C=N–C) groups is 1. The summed E-state index contributed by atoms with van der Waals surface area (Å²) in [6, 6.07) is 5.50. The molecule has 0 spiro atoms. The number of nitrogens with zero attached hydrogens (tertiary/aromatic N) is 1. The van der Waals surface area contributed by atoms with Crippen molar-refractivity contribution in [3.05, 3.63) is 23.8 Å². The maximum Gasteiger partial charge on any atom is 0.328 e. The van der Waals surface area contributed by atoms with Gasteiger partial charge in [0.1, 0.15) is 23.6 Å². The van der Waals surface area contributed by atoms with Gasteiger partial charge in [0.15, 0.2) is 5.96 Å². The third-order valence-corrected chi connectivity index (χ3v) is 3.39. The van der Waals surface area contributed by atoms with Crippen LogP contribution in [0, 0.1) is 0 Å². The Balaban J connectivity index is 2.89. The fourth-order valence-electron chi connectivity index (χ4n) is 2.30. The summed E-state index contributed by atoms with van der Waals surface area (Å²) in [7, 11) is 3.25. The standard InChI is InChI=1S/C19H31N3O4/c1-8-20-18(21-12-17(23)26-19(3,4)5)22-13(2)15-11-14(24-6)9-10-16(15)25-7/h9-11,13H,8,12H2,1-7H3,(H2,20,21,22). The van der Waals surface area contributed by atoms with Gasteiger partial charge < -0.3 is 24.8 Å². The van der Waals surface area contributed by atoms with Crippen molar-refractivity contribution in [1.29, 1.82) is 0 Å². The Morgan fingerprint density at radius 2 is 1.92 bits per heavy atom. The van der Waals surface area contributed by atoms with Crippen molar-refractivity contribution in [3.8, 4) is 11.5 Å². The molecule has 0 radical (unpaired) electrons. The Kier molecular flexibility index (Phi) is 8.22. The van der Waals surface area contributed by atoms with E-state index in [1.807, 2.05) is 52.8 Å². The summed E-state index contributed by atoms with van der Waals surface area (Å²) in [5, 5.41) is 6.40. The Labute approximate surface area is 156 Å². The molecule has 1 atom stereocenters. The Morgan fingerprint density at radius 3 is 2.46 bits per heavy atom. The molecule has 0 amide bonds. The van der Waals surface area contributed by atoms with Gasteiger partial charge in [0.05, 0.1) is 20.3 Å². The highest BCUT2D eigenvalue weighted by Gasteiger charge is 2.17. The van der Waals surface area contributed by atoms with Crippen molar-refractivity contribution in [3.63, 3.8) is 0 Å². The van der Waals surface area contributed by atoms with Crippen LogP contribution in [0.25, 0.3) is 0 Å². The molecule has 1 unspecified atom stereocenters. The lowest BCUT2D eigenvalue weighted by Gasteiger charge is -2.21. The number of methoxy groups -OCH3 is 2. The van der Waals surface area contributed by atoms with Crippen molar-refractivity contribution in [1.82, 2.24) is 10.6 Å². The van der Waals surface area contributed by atoms with E-state index in [0.717, 1.165) is 17.1 Å². The normalized spacial score (nSPS) is 13.0. The van der Waals surface area contributed by atoms with Gasteiger partial charge in [0.25, 0.3) is 0 Å². The van der Waals surface area contributed by atoms with E-state index in [4.69, 9.17) is 14.2 Å². The number of hydrogen-bond donors (Lipinski definition) is 2. The number of ether oxygens (including phenoxy) is 3. The van der Waals surface area contributed by atoms with E-state index in [0.29, 0.717) is 12.5 Å². The van der Waals surface area contributed by atoms with Crippen LogP contribution in [0.5, 0.6) is 11.5 Å². The number of benzene rings is 1. The quantitative estimate of drug-likeness (QED) is 0.439. The Bertz CT molecular complexity index is 624. The van der Waals surface area contributed by atoms with Crippen molar-refractivity contribution < 1.29 is 19.0 Å². The molecular weight excluding hydrogens is 334 g/mol. The molecule has 2 N–H and O–H groups in total. The molecule has 0 aliphatic heterocycles. The van der Waals surface area contributed by atoms with Crippen molar-refractivity contribution in [2.45, 2.75) is 46.3 Å². The Hall–Kier alpha value is -2.44. The SMILES string of the molecule is CCNC(=NCC(=O)OC(C)(C)C)NC(C)c1cc(OC)ccc1OC. The topological polar surface area (TPSA) is 81.2 Å². The average molecular weight is 365 g/mol. The minimum atomic E-state index is -0.528. The number of carbonyl (C=O) groups excluding carboxylic acids is 1. The predicted molar refractivity (Wildman–Crippen MR) is 103 cm³/mol. The maximum absolute atomic E-state index is 11.9. The number of hydrogen-bond acceptors (Lipinski definition) is 5.